The minimum Gasteiger partial charge on any atom is -0.496 e. The number of hydrogen-bond donors (Lipinski definition) is 1. The van der Waals surface area contributed by atoms with Gasteiger partial charge in [-0.2, -0.15) is 0 Å². The number of ether oxygens (including phenoxy) is 1. The molecule has 1 rings (SSSR count). The van der Waals surface area contributed by atoms with E-state index in [1.165, 1.54) is 0 Å². The van der Waals surface area contributed by atoms with Crippen LogP contribution in [0.4, 0.5) is 0 Å². The Kier molecular flexibility index (Phi) is 4.22. The molecule has 0 heterocycles. The number of methoxy groups -OCH3 is 1. The van der Waals surface area contributed by atoms with E-state index in [2.05, 4.69) is 0 Å². The summed E-state index contributed by atoms with van der Waals surface area (Å²) in [4.78, 5) is 0. The molecular formula is C13H19ClO2. The largest absolute Gasteiger partial charge is 0.496 e. The summed E-state index contributed by atoms with van der Waals surface area (Å²) in [7, 11) is 1.65. The second-order valence-electron chi connectivity index (χ2n) is 4.18. The Morgan fingerprint density at radius 1 is 1.25 bits per heavy atom. The summed E-state index contributed by atoms with van der Waals surface area (Å²) < 4.78 is 5.29. The van der Waals surface area contributed by atoms with Crippen LogP contribution >= 0.6 is 11.6 Å². The van der Waals surface area contributed by atoms with Crippen molar-refractivity contribution in [2.24, 2.45) is 0 Å². The summed E-state index contributed by atoms with van der Waals surface area (Å²) in [5.74, 6) is 0.855. The van der Waals surface area contributed by atoms with E-state index in [0.29, 0.717) is 0 Å². The molecule has 0 aliphatic carbocycles. The molecule has 0 saturated carbocycles. The van der Waals surface area contributed by atoms with E-state index >= 15 is 0 Å². The van der Waals surface area contributed by atoms with Crippen LogP contribution in [0, 0.1) is 20.8 Å². The fourth-order valence-electron chi connectivity index (χ4n) is 1.96. The van der Waals surface area contributed by atoms with Gasteiger partial charge in [0.2, 0.25) is 0 Å². The molecule has 0 saturated heterocycles. The first-order valence-corrected chi connectivity index (χ1v) is 5.80. The van der Waals surface area contributed by atoms with E-state index < -0.39 is 6.10 Å². The molecule has 2 unspecified atom stereocenters. The van der Waals surface area contributed by atoms with E-state index in [-0.39, 0.29) is 5.38 Å². The van der Waals surface area contributed by atoms with Crippen molar-refractivity contribution in [2.45, 2.75) is 39.2 Å². The highest BCUT2D eigenvalue weighted by molar-refractivity contribution is 6.20. The Hall–Kier alpha value is -0.730. The predicted octanol–water partition coefficient (Wildman–Crippen LogP) is 3.28. The van der Waals surface area contributed by atoms with Crippen molar-refractivity contribution in [1.29, 1.82) is 0 Å². The Labute approximate surface area is 102 Å². The summed E-state index contributed by atoms with van der Waals surface area (Å²) in [6.45, 7) is 7.74. The highest BCUT2D eigenvalue weighted by Gasteiger charge is 2.20. The molecule has 0 amide bonds. The predicted molar refractivity (Wildman–Crippen MR) is 67.5 cm³/mol. The summed E-state index contributed by atoms with van der Waals surface area (Å²) in [5, 5.41) is 9.77. The quantitative estimate of drug-likeness (QED) is 0.825. The maximum absolute atomic E-state index is 10.1. The second kappa shape index (κ2) is 5.07. The molecule has 1 aromatic carbocycles. The Balaban J connectivity index is 3.36. The zero-order valence-electron chi connectivity index (χ0n) is 10.5. The topological polar surface area (TPSA) is 29.5 Å². The van der Waals surface area contributed by atoms with Crippen molar-refractivity contribution in [3.63, 3.8) is 0 Å². The lowest BCUT2D eigenvalue weighted by Crippen LogP contribution is -2.13. The second-order valence-corrected chi connectivity index (χ2v) is 4.87. The fourth-order valence-corrected chi connectivity index (χ4v) is 2.09. The number of rotatable bonds is 3. The molecule has 0 aliphatic rings. The molecule has 0 bridgehead atoms. The maximum Gasteiger partial charge on any atom is 0.122 e. The maximum atomic E-state index is 10.1. The van der Waals surface area contributed by atoms with Gasteiger partial charge in [0, 0.05) is 0 Å². The lowest BCUT2D eigenvalue weighted by atomic mass is 9.92. The first-order valence-electron chi connectivity index (χ1n) is 5.37. The van der Waals surface area contributed by atoms with Crippen LogP contribution in [0.3, 0.4) is 0 Å². The summed E-state index contributed by atoms with van der Waals surface area (Å²) in [6, 6.07) is 1.94. The molecule has 2 atom stereocenters. The van der Waals surface area contributed by atoms with Gasteiger partial charge in [0.1, 0.15) is 5.75 Å². The molecule has 0 aromatic heterocycles. The minimum absolute atomic E-state index is 0.301. The number of hydrogen-bond acceptors (Lipinski definition) is 2. The molecule has 0 radical (unpaired) electrons. The number of halogens is 1. The van der Waals surface area contributed by atoms with Crippen molar-refractivity contribution >= 4 is 11.6 Å². The van der Waals surface area contributed by atoms with E-state index in [0.717, 1.165) is 28.0 Å². The Morgan fingerprint density at radius 2 is 1.81 bits per heavy atom. The Morgan fingerprint density at radius 3 is 2.25 bits per heavy atom. The van der Waals surface area contributed by atoms with Crippen LogP contribution in [0.2, 0.25) is 0 Å². The molecule has 1 aromatic rings. The van der Waals surface area contributed by atoms with E-state index in [9.17, 15) is 5.11 Å². The van der Waals surface area contributed by atoms with E-state index in [1.807, 2.05) is 26.8 Å². The van der Waals surface area contributed by atoms with Gasteiger partial charge in [-0.15, -0.1) is 11.6 Å². The van der Waals surface area contributed by atoms with Gasteiger partial charge in [-0.1, -0.05) is 0 Å². The summed E-state index contributed by atoms with van der Waals surface area (Å²) >= 11 is 5.95. The number of aliphatic hydroxyl groups excluding tert-OH is 1. The normalized spacial score (nSPS) is 14.7. The van der Waals surface area contributed by atoms with Gasteiger partial charge in [-0.3, -0.25) is 0 Å². The molecule has 1 N–H and O–H groups in total. The van der Waals surface area contributed by atoms with Gasteiger partial charge in [-0.25, -0.2) is 0 Å². The lowest BCUT2D eigenvalue weighted by molar-refractivity contribution is 0.175. The third kappa shape index (κ3) is 2.33. The lowest BCUT2D eigenvalue weighted by Gasteiger charge is -2.21. The van der Waals surface area contributed by atoms with Crippen LogP contribution in [0.1, 0.15) is 35.3 Å². The molecule has 2 nitrogen and oxygen atoms in total. The first-order chi connectivity index (χ1) is 7.40. The van der Waals surface area contributed by atoms with Crippen LogP contribution in [-0.4, -0.2) is 17.6 Å². The third-order valence-electron chi connectivity index (χ3n) is 3.06. The molecule has 90 valence electrons. The fraction of sp³-hybridized carbons (Fsp3) is 0.538. The number of alkyl halides is 1. The van der Waals surface area contributed by atoms with Crippen molar-refractivity contribution in [3.8, 4) is 5.75 Å². The van der Waals surface area contributed by atoms with Gasteiger partial charge < -0.3 is 9.84 Å². The first kappa shape index (κ1) is 13.3. The standard InChI is InChI=1S/C13H19ClO2/c1-7-6-11(16-5)8(2)9(3)12(7)13(15)10(4)14/h6,10,13,15H,1-5H3. The monoisotopic (exact) mass is 242 g/mol. The van der Waals surface area contributed by atoms with Gasteiger partial charge in [-0.05, 0) is 56.0 Å². The van der Waals surface area contributed by atoms with Crippen molar-refractivity contribution < 1.29 is 9.84 Å². The highest BCUT2D eigenvalue weighted by atomic mass is 35.5. The van der Waals surface area contributed by atoms with Crippen LogP contribution in [-0.2, 0) is 0 Å². The van der Waals surface area contributed by atoms with Gasteiger partial charge in [0.15, 0.2) is 0 Å². The number of benzene rings is 1. The molecule has 16 heavy (non-hydrogen) atoms. The molecule has 0 aliphatic heterocycles. The van der Waals surface area contributed by atoms with Gasteiger partial charge >= 0.3 is 0 Å². The molecular weight excluding hydrogens is 224 g/mol. The molecule has 0 fully saturated rings. The minimum atomic E-state index is -0.633. The zero-order chi connectivity index (χ0) is 12.5. The van der Waals surface area contributed by atoms with Crippen LogP contribution < -0.4 is 4.74 Å². The van der Waals surface area contributed by atoms with Crippen molar-refractivity contribution in [2.75, 3.05) is 7.11 Å². The van der Waals surface area contributed by atoms with Crippen LogP contribution in [0.5, 0.6) is 5.75 Å². The van der Waals surface area contributed by atoms with Crippen molar-refractivity contribution in [3.05, 3.63) is 28.3 Å². The van der Waals surface area contributed by atoms with Crippen LogP contribution in [0.15, 0.2) is 6.07 Å². The smallest absolute Gasteiger partial charge is 0.122 e. The summed E-state index contributed by atoms with van der Waals surface area (Å²) in [5.41, 5.74) is 4.04. The average molecular weight is 243 g/mol. The highest BCUT2D eigenvalue weighted by Crippen LogP contribution is 2.33. The number of aliphatic hydroxyl groups is 1. The zero-order valence-corrected chi connectivity index (χ0v) is 11.2. The van der Waals surface area contributed by atoms with Crippen molar-refractivity contribution in [1.82, 2.24) is 0 Å². The SMILES string of the molecule is COc1cc(C)c(C(O)C(C)Cl)c(C)c1C. The summed E-state index contributed by atoms with van der Waals surface area (Å²) in [6.07, 6.45) is -0.633. The third-order valence-corrected chi connectivity index (χ3v) is 3.30. The van der Waals surface area contributed by atoms with E-state index in [4.69, 9.17) is 16.3 Å². The van der Waals surface area contributed by atoms with Gasteiger partial charge in [0.25, 0.3) is 0 Å². The van der Waals surface area contributed by atoms with E-state index in [1.54, 1.807) is 14.0 Å². The molecule has 3 heteroatoms. The average Bonchev–Trinajstić information content (AvgIpc) is 2.23. The van der Waals surface area contributed by atoms with Gasteiger partial charge in [0.05, 0.1) is 18.6 Å². The Bertz CT molecular complexity index is 386. The molecule has 0 spiro atoms. The van der Waals surface area contributed by atoms with Crippen LogP contribution in [0.25, 0.3) is 0 Å². The number of aryl methyl sites for hydroxylation is 1.